The van der Waals surface area contributed by atoms with Gasteiger partial charge in [-0.1, -0.05) is 32.9 Å². The molecule has 0 spiro atoms. The van der Waals surface area contributed by atoms with Crippen LogP contribution in [0.4, 0.5) is 5.69 Å². The average Bonchev–Trinajstić information content (AvgIpc) is 2.54. The zero-order chi connectivity index (χ0) is 18.6. The summed E-state index contributed by atoms with van der Waals surface area (Å²) in [6.45, 7) is 6.80. The minimum absolute atomic E-state index is 0.00749. The molecular weight excluding hydrogens is 338 g/mol. The monoisotopic (exact) mass is 363 g/mol. The minimum Gasteiger partial charge on any atom is -0.360 e. The first-order valence-electron chi connectivity index (χ1n) is 8.53. The first-order chi connectivity index (χ1) is 11.7. The zero-order valence-corrected chi connectivity index (χ0v) is 15.7. The van der Waals surface area contributed by atoms with E-state index in [2.05, 4.69) is 31.4 Å². The molecule has 0 saturated heterocycles. The highest BCUT2D eigenvalue weighted by Crippen LogP contribution is 2.37. The molecule has 1 aromatic carbocycles. The molecule has 136 valence electrons. The Morgan fingerprint density at radius 3 is 2.36 bits per heavy atom. The van der Waals surface area contributed by atoms with Gasteiger partial charge in [-0.15, -0.1) is 0 Å². The molecular formula is C18H25N3O3S. The molecule has 0 unspecified atom stereocenters. The van der Waals surface area contributed by atoms with Gasteiger partial charge in [-0.05, 0) is 55.3 Å². The van der Waals surface area contributed by atoms with Gasteiger partial charge in [-0.25, -0.2) is 0 Å². The van der Waals surface area contributed by atoms with Crippen LogP contribution in [0.3, 0.4) is 0 Å². The van der Waals surface area contributed by atoms with Crippen molar-refractivity contribution in [2.75, 3.05) is 0 Å². The van der Waals surface area contributed by atoms with E-state index in [4.69, 9.17) is 12.2 Å². The zero-order valence-electron chi connectivity index (χ0n) is 14.9. The number of thiocarbonyl (C=S) groups is 1. The molecule has 1 amide bonds. The highest BCUT2D eigenvalue weighted by atomic mass is 32.1. The van der Waals surface area contributed by atoms with E-state index in [1.54, 1.807) is 6.07 Å². The summed E-state index contributed by atoms with van der Waals surface area (Å²) in [6, 6.07) is 6.08. The Labute approximate surface area is 153 Å². The van der Waals surface area contributed by atoms with Gasteiger partial charge in [0, 0.05) is 12.1 Å². The fourth-order valence-electron chi connectivity index (χ4n) is 3.32. The molecule has 1 aromatic rings. The van der Waals surface area contributed by atoms with E-state index in [1.165, 1.54) is 18.2 Å². The topological polar surface area (TPSA) is 84.3 Å². The molecule has 1 aliphatic rings. The molecule has 25 heavy (non-hydrogen) atoms. The van der Waals surface area contributed by atoms with E-state index in [9.17, 15) is 14.9 Å². The molecule has 7 heteroatoms. The molecule has 1 fully saturated rings. The molecule has 0 aromatic heterocycles. The smallest absolute Gasteiger partial charge is 0.282 e. The van der Waals surface area contributed by atoms with Crippen molar-refractivity contribution in [1.82, 2.24) is 10.6 Å². The summed E-state index contributed by atoms with van der Waals surface area (Å²) >= 11 is 5.21. The Morgan fingerprint density at radius 2 is 1.80 bits per heavy atom. The first-order valence-corrected chi connectivity index (χ1v) is 8.94. The molecule has 1 saturated carbocycles. The Hall–Kier alpha value is -2.02. The third-order valence-corrected chi connectivity index (χ3v) is 5.08. The summed E-state index contributed by atoms with van der Waals surface area (Å²) in [5.41, 5.74) is 0.0907. The molecule has 0 atom stereocenters. The van der Waals surface area contributed by atoms with Crippen molar-refractivity contribution in [2.24, 2.45) is 11.3 Å². The maximum Gasteiger partial charge on any atom is 0.282 e. The summed E-state index contributed by atoms with van der Waals surface area (Å²) < 4.78 is 0. The second-order valence-electron chi connectivity index (χ2n) is 7.62. The van der Waals surface area contributed by atoms with Crippen LogP contribution >= 0.6 is 12.2 Å². The maximum absolute atomic E-state index is 12.3. The number of carbonyl (C=O) groups excluding carboxylic acids is 1. The Kier molecular flexibility index (Phi) is 6.11. The van der Waals surface area contributed by atoms with Crippen LogP contribution < -0.4 is 10.6 Å². The lowest BCUT2D eigenvalue weighted by atomic mass is 9.71. The summed E-state index contributed by atoms with van der Waals surface area (Å²) in [4.78, 5) is 22.7. The van der Waals surface area contributed by atoms with Gasteiger partial charge in [0.05, 0.1) is 4.92 Å². The molecule has 2 N–H and O–H groups in total. The van der Waals surface area contributed by atoms with Crippen molar-refractivity contribution in [3.8, 4) is 0 Å². The number of amides is 1. The van der Waals surface area contributed by atoms with Crippen molar-refractivity contribution < 1.29 is 9.72 Å². The normalized spacial score (nSPS) is 20.6. The molecule has 6 nitrogen and oxygen atoms in total. The summed E-state index contributed by atoms with van der Waals surface area (Å²) in [5.74, 6) is 0.133. The van der Waals surface area contributed by atoms with E-state index in [1.807, 2.05) is 0 Å². The predicted molar refractivity (Wildman–Crippen MR) is 101 cm³/mol. The number of nitrogens with one attached hydrogen (secondary N) is 2. The summed E-state index contributed by atoms with van der Waals surface area (Å²) in [5, 5.41) is 17.0. The second-order valence-corrected chi connectivity index (χ2v) is 8.02. The van der Waals surface area contributed by atoms with Gasteiger partial charge in [0.1, 0.15) is 5.56 Å². The predicted octanol–water partition coefficient (Wildman–Crippen LogP) is 3.80. The number of benzene rings is 1. The van der Waals surface area contributed by atoms with Gasteiger partial charge in [0.2, 0.25) is 0 Å². The van der Waals surface area contributed by atoms with Crippen LogP contribution in [0.1, 0.15) is 56.8 Å². The summed E-state index contributed by atoms with van der Waals surface area (Å²) in [6.07, 6.45) is 4.26. The van der Waals surface area contributed by atoms with Crippen molar-refractivity contribution in [3.05, 3.63) is 39.9 Å². The van der Waals surface area contributed by atoms with Gasteiger partial charge in [0.25, 0.3) is 11.6 Å². The van der Waals surface area contributed by atoms with Crippen molar-refractivity contribution in [2.45, 2.75) is 52.5 Å². The molecule has 0 radical (unpaired) electrons. The van der Waals surface area contributed by atoms with Gasteiger partial charge in [0.15, 0.2) is 5.11 Å². The number of hydrogen-bond donors (Lipinski definition) is 2. The fraction of sp³-hybridized carbons (Fsp3) is 0.556. The van der Waals surface area contributed by atoms with Crippen molar-refractivity contribution >= 4 is 28.9 Å². The largest absolute Gasteiger partial charge is 0.360 e. The number of hydrogen-bond acceptors (Lipinski definition) is 4. The van der Waals surface area contributed by atoms with Gasteiger partial charge < -0.3 is 5.32 Å². The molecule has 1 aliphatic carbocycles. The van der Waals surface area contributed by atoms with Crippen LogP contribution in [0.2, 0.25) is 0 Å². The van der Waals surface area contributed by atoms with Crippen LogP contribution in [-0.2, 0) is 0 Å². The van der Waals surface area contributed by atoms with Crippen LogP contribution in [0.25, 0.3) is 0 Å². The van der Waals surface area contributed by atoms with E-state index in [0.717, 1.165) is 25.7 Å². The van der Waals surface area contributed by atoms with Crippen LogP contribution in [0.15, 0.2) is 24.3 Å². The van der Waals surface area contributed by atoms with E-state index < -0.39 is 10.8 Å². The van der Waals surface area contributed by atoms with Crippen molar-refractivity contribution in [1.29, 1.82) is 0 Å². The third kappa shape index (κ3) is 5.22. The quantitative estimate of drug-likeness (QED) is 0.485. The van der Waals surface area contributed by atoms with E-state index in [0.29, 0.717) is 11.3 Å². The second kappa shape index (κ2) is 7.91. The number of nitrogens with zero attached hydrogens (tertiary/aromatic N) is 1. The lowest BCUT2D eigenvalue weighted by Gasteiger charge is -2.37. The Bertz CT molecular complexity index is 662. The minimum atomic E-state index is -0.570. The lowest BCUT2D eigenvalue weighted by Crippen LogP contribution is -2.46. The highest BCUT2D eigenvalue weighted by molar-refractivity contribution is 7.80. The van der Waals surface area contributed by atoms with Crippen molar-refractivity contribution in [3.63, 3.8) is 0 Å². The number of rotatable bonds is 3. The average molecular weight is 363 g/mol. The lowest BCUT2D eigenvalue weighted by molar-refractivity contribution is -0.385. The van der Waals surface area contributed by atoms with Gasteiger partial charge in [-0.2, -0.15) is 0 Å². The fourth-order valence-corrected chi connectivity index (χ4v) is 3.58. The first kappa shape index (κ1) is 19.3. The molecule has 0 heterocycles. The van der Waals surface area contributed by atoms with Crippen LogP contribution in [-0.4, -0.2) is 22.0 Å². The van der Waals surface area contributed by atoms with Gasteiger partial charge in [-0.3, -0.25) is 20.2 Å². The maximum atomic E-state index is 12.3. The van der Waals surface area contributed by atoms with E-state index in [-0.39, 0.29) is 22.4 Å². The molecule has 2 rings (SSSR count). The standard InChI is InChI=1S/C18H25N3O3S/c1-18(2,3)12-8-10-13(11-9-12)19-17(25)20-16(22)14-6-4-5-7-15(14)21(23)24/h4-7,12-13H,8-11H2,1-3H3,(H2,19,20,22,25). The van der Waals surface area contributed by atoms with Gasteiger partial charge >= 0.3 is 0 Å². The SMILES string of the molecule is CC(C)(C)C1CCC(NC(=S)NC(=O)c2ccccc2[N+](=O)[O-])CC1. The highest BCUT2D eigenvalue weighted by Gasteiger charge is 2.30. The Morgan fingerprint density at radius 1 is 1.20 bits per heavy atom. The molecule has 0 bridgehead atoms. The third-order valence-electron chi connectivity index (χ3n) is 4.86. The number of nitro benzene ring substituents is 1. The van der Waals surface area contributed by atoms with Crippen LogP contribution in [0, 0.1) is 21.4 Å². The number of para-hydroxylation sites is 1. The number of carbonyl (C=O) groups is 1. The summed E-state index contributed by atoms with van der Waals surface area (Å²) in [7, 11) is 0. The Balaban J connectivity index is 1.89. The van der Waals surface area contributed by atoms with E-state index >= 15 is 0 Å². The number of nitro groups is 1. The van der Waals surface area contributed by atoms with Crippen LogP contribution in [0.5, 0.6) is 0 Å². The molecule has 0 aliphatic heterocycles.